The van der Waals surface area contributed by atoms with E-state index in [1.807, 2.05) is 0 Å². The Morgan fingerprint density at radius 3 is 2.62 bits per heavy atom. The maximum atomic E-state index is 13.1. The van der Waals surface area contributed by atoms with Crippen LogP contribution in [-0.2, 0) is 9.53 Å². The molecule has 0 unspecified atom stereocenters. The van der Waals surface area contributed by atoms with Gasteiger partial charge in [-0.2, -0.15) is 0 Å². The Balaban J connectivity index is 1.69. The maximum Gasteiger partial charge on any atom is 0.287 e. The highest BCUT2D eigenvalue weighted by molar-refractivity contribution is 7.22. The predicted molar refractivity (Wildman–Crippen MR) is 125 cm³/mol. The van der Waals surface area contributed by atoms with Crippen molar-refractivity contribution in [3.05, 3.63) is 56.4 Å². The zero-order valence-electron chi connectivity index (χ0n) is 17.0. The molecular formula is C21H19ClN4O5S. The van der Waals surface area contributed by atoms with E-state index in [9.17, 15) is 19.7 Å². The molecule has 32 heavy (non-hydrogen) atoms. The highest BCUT2D eigenvalue weighted by Gasteiger charge is 2.24. The number of carbonyl (C=O) groups excluding carboxylic acids is 2. The van der Waals surface area contributed by atoms with Gasteiger partial charge in [-0.1, -0.05) is 23.7 Å². The molecule has 4 rings (SSSR count). The van der Waals surface area contributed by atoms with Crippen LogP contribution in [0.5, 0.6) is 0 Å². The summed E-state index contributed by atoms with van der Waals surface area (Å²) < 4.78 is 5.77. The van der Waals surface area contributed by atoms with Crippen molar-refractivity contribution in [1.29, 1.82) is 0 Å². The molecule has 2 amide bonds. The van der Waals surface area contributed by atoms with Gasteiger partial charge < -0.3 is 20.3 Å². The lowest BCUT2D eigenvalue weighted by Gasteiger charge is -2.31. The van der Waals surface area contributed by atoms with Crippen molar-refractivity contribution in [3.8, 4) is 0 Å². The van der Waals surface area contributed by atoms with Crippen molar-refractivity contribution in [3.63, 3.8) is 0 Å². The molecule has 2 heterocycles. The summed E-state index contributed by atoms with van der Waals surface area (Å²) >= 11 is 7.40. The number of hydrogen-bond donors (Lipinski definition) is 2. The minimum absolute atomic E-state index is 0.0953. The zero-order chi connectivity index (χ0) is 22.8. The Hall–Kier alpha value is -3.21. The van der Waals surface area contributed by atoms with E-state index in [0.717, 1.165) is 17.0 Å². The highest BCUT2D eigenvalue weighted by Crippen LogP contribution is 2.41. The minimum Gasteiger partial charge on any atom is -0.378 e. The van der Waals surface area contributed by atoms with Crippen LogP contribution in [0.4, 0.5) is 22.7 Å². The van der Waals surface area contributed by atoms with Gasteiger partial charge in [0.2, 0.25) is 5.91 Å². The molecule has 0 saturated carbocycles. The molecule has 0 spiro atoms. The van der Waals surface area contributed by atoms with Crippen LogP contribution in [0.2, 0.25) is 5.02 Å². The van der Waals surface area contributed by atoms with Gasteiger partial charge in [0.05, 0.1) is 34.5 Å². The normalized spacial score (nSPS) is 13.8. The fraction of sp³-hybridized carbons (Fsp3) is 0.238. The molecule has 0 atom stereocenters. The van der Waals surface area contributed by atoms with Crippen LogP contribution >= 0.6 is 22.9 Å². The molecule has 0 aliphatic carbocycles. The van der Waals surface area contributed by atoms with Crippen molar-refractivity contribution in [2.24, 2.45) is 0 Å². The molecule has 3 aromatic rings. The lowest BCUT2D eigenvalue weighted by atomic mass is 10.2. The average molecular weight is 475 g/mol. The zero-order valence-corrected chi connectivity index (χ0v) is 18.6. The lowest BCUT2D eigenvalue weighted by molar-refractivity contribution is -0.382. The number of anilines is 3. The molecule has 2 N–H and O–H groups in total. The van der Waals surface area contributed by atoms with Gasteiger partial charge in [-0.05, 0) is 18.2 Å². The third-order valence-electron chi connectivity index (χ3n) is 4.96. The molecule has 11 heteroatoms. The first-order valence-corrected chi connectivity index (χ1v) is 11.0. The van der Waals surface area contributed by atoms with Gasteiger partial charge in [-0.3, -0.25) is 19.7 Å². The Bertz CT molecular complexity index is 1220. The van der Waals surface area contributed by atoms with E-state index >= 15 is 0 Å². The molecule has 0 bridgehead atoms. The molecule has 0 radical (unpaired) electrons. The van der Waals surface area contributed by atoms with Gasteiger partial charge in [-0.15, -0.1) is 11.3 Å². The van der Waals surface area contributed by atoms with Crippen LogP contribution < -0.4 is 15.5 Å². The molecule has 1 fully saturated rings. The van der Waals surface area contributed by atoms with Crippen LogP contribution in [0.1, 0.15) is 16.6 Å². The third-order valence-corrected chi connectivity index (χ3v) is 6.69. The Kier molecular flexibility index (Phi) is 6.26. The summed E-state index contributed by atoms with van der Waals surface area (Å²) in [6.45, 7) is 3.77. The standard InChI is InChI=1S/C21H19ClN4O5S/c1-12(27)23-13-5-6-15(17(11-13)25-7-9-31-10-8-25)24-21(28)20-18(22)14-3-2-4-16(26(29)30)19(14)32-20/h2-6,11H,7-10H2,1H3,(H,23,27)(H,24,28). The SMILES string of the molecule is CC(=O)Nc1ccc(NC(=O)c2sc3c([N+](=O)[O-])cccc3c2Cl)c(N2CCOCC2)c1. The first-order valence-electron chi connectivity index (χ1n) is 9.76. The van der Waals surface area contributed by atoms with Gasteiger partial charge in [0.15, 0.2) is 0 Å². The highest BCUT2D eigenvalue weighted by atomic mass is 35.5. The topological polar surface area (TPSA) is 114 Å². The molecule has 166 valence electrons. The molecule has 1 saturated heterocycles. The number of thiophene rings is 1. The van der Waals surface area contributed by atoms with Gasteiger partial charge >= 0.3 is 0 Å². The predicted octanol–water partition coefficient (Wildman–Crippen LogP) is 4.51. The van der Waals surface area contributed by atoms with Crippen molar-refractivity contribution in [2.45, 2.75) is 6.92 Å². The van der Waals surface area contributed by atoms with E-state index in [1.165, 1.54) is 19.1 Å². The Labute approximate surface area is 192 Å². The number of ether oxygens (including phenoxy) is 1. The number of nitrogens with one attached hydrogen (secondary N) is 2. The fourth-order valence-corrected chi connectivity index (χ4v) is 5.02. The quantitative estimate of drug-likeness (QED) is 0.415. The van der Waals surface area contributed by atoms with Crippen molar-refractivity contribution in [1.82, 2.24) is 0 Å². The van der Waals surface area contributed by atoms with E-state index in [1.54, 1.807) is 24.3 Å². The summed E-state index contributed by atoms with van der Waals surface area (Å²) in [5, 5.41) is 17.6. The number of fused-ring (bicyclic) bond motifs is 1. The van der Waals surface area contributed by atoms with Gasteiger partial charge in [0.1, 0.15) is 9.58 Å². The minimum atomic E-state index is -0.492. The number of amides is 2. The smallest absolute Gasteiger partial charge is 0.287 e. The second-order valence-corrected chi connectivity index (χ2v) is 8.52. The summed E-state index contributed by atoms with van der Waals surface area (Å²) in [4.78, 5) is 37.7. The average Bonchev–Trinajstić information content (AvgIpc) is 3.11. The van der Waals surface area contributed by atoms with Crippen molar-refractivity contribution in [2.75, 3.05) is 41.8 Å². The summed E-state index contributed by atoms with van der Waals surface area (Å²) in [5.74, 6) is -0.666. The summed E-state index contributed by atoms with van der Waals surface area (Å²) in [6.07, 6.45) is 0. The van der Waals surface area contributed by atoms with Crippen LogP contribution in [0, 0.1) is 10.1 Å². The monoisotopic (exact) mass is 474 g/mol. The van der Waals surface area contributed by atoms with E-state index in [2.05, 4.69) is 15.5 Å². The molecule has 1 aromatic heterocycles. The van der Waals surface area contributed by atoms with Crippen LogP contribution in [-0.4, -0.2) is 43.0 Å². The first kappa shape index (κ1) is 22.0. The van der Waals surface area contributed by atoms with E-state index in [4.69, 9.17) is 16.3 Å². The van der Waals surface area contributed by atoms with Gasteiger partial charge in [-0.25, -0.2) is 0 Å². The summed E-state index contributed by atoms with van der Waals surface area (Å²) in [6, 6.07) is 9.77. The number of morpholine rings is 1. The van der Waals surface area contributed by atoms with Crippen molar-refractivity contribution >= 4 is 67.6 Å². The number of benzene rings is 2. The summed E-state index contributed by atoms with van der Waals surface area (Å²) in [7, 11) is 0. The molecule has 9 nitrogen and oxygen atoms in total. The van der Waals surface area contributed by atoms with Gasteiger partial charge in [0.25, 0.3) is 11.6 Å². The number of rotatable bonds is 5. The molecule has 1 aliphatic heterocycles. The van der Waals surface area contributed by atoms with E-state index < -0.39 is 10.8 Å². The van der Waals surface area contributed by atoms with Crippen LogP contribution in [0.3, 0.4) is 0 Å². The first-order chi connectivity index (χ1) is 15.3. The van der Waals surface area contributed by atoms with E-state index in [0.29, 0.717) is 47.8 Å². The van der Waals surface area contributed by atoms with E-state index in [-0.39, 0.29) is 21.5 Å². The van der Waals surface area contributed by atoms with Crippen LogP contribution in [0.15, 0.2) is 36.4 Å². The lowest BCUT2D eigenvalue weighted by Crippen LogP contribution is -2.36. The second-order valence-electron chi connectivity index (χ2n) is 7.12. The molecular weight excluding hydrogens is 456 g/mol. The number of carbonyl (C=O) groups is 2. The Morgan fingerprint density at radius 2 is 1.94 bits per heavy atom. The van der Waals surface area contributed by atoms with Crippen molar-refractivity contribution < 1.29 is 19.2 Å². The molecule has 2 aromatic carbocycles. The number of hydrogen-bond acceptors (Lipinski definition) is 7. The maximum absolute atomic E-state index is 13.1. The largest absolute Gasteiger partial charge is 0.378 e. The number of nitro groups is 1. The fourth-order valence-electron chi connectivity index (χ4n) is 3.53. The number of non-ortho nitro benzene ring substituents is 1. The second kappa shape index (κ2) is 9.11. The van der Waals surface area contributed by atoms with Gasteiger partial charge in [0, 0.05) is 37.2 Å². The number of halogens is 1. The number of nitro benzene ring substituents is 1. The summed E-state index contributed by atoms with van der Waals surface area (Å²) in [5.41, 5.74) is 1.78. The number of nitrogens with zero attached hydrogens (tertiary/aromatic N) is 2. The molecule has 1 aliphatic rings. The van der Waals surface area contributed by atoms with Crippen LogP contribution in [0.25, 0.3) is 10.1 Å². The third kappa shape index (κ3) is 4.38. The Morgan fingerprint density at radius 1 is 1.19 bits per heavy atom.